The Morgan fingerprint density at radius 1 is 1.41 bits per heavy atom. The minimum Gasteiger partial charge on any atom is -0.366 e. The van der Waals surface area contributed by atoms with Gasteiger partial charge in [-0.3, -0.25) is 4.79 Å². The predicted octanol–water partition coefficient (Wildman–Crippen LogP) is 2.36. The number of carbonyl (C=O) groups excluding carboxylic acids is 1. The third-order valence-corrected chi connectivity index (χ3v) is 5.87. The average Bonchev–Trinajstić information content (AvgIpc) is 2.99. The molecule has 3 heterocycles. The molecule has 0 bridgehead atoms. The van der Waals surface area contributed by atoms with Gasteiger partial charge in [0.1, 0.15) is 5.82 Å². The second kappa shape index (κ2) is 6.80. The number of amides is 1. The summed E-state index contributed by atoms with van der Waals surface area (Å²) in [6.45, 7) is 3.70. The molecule has 1 atom stereocenters. The van der Waals surface area contributed by atoms with Gasteiger partial charge in [-0.2, -0.15) is 9.50 Å². The van der Waals surface area contributed by atoms with Crippen LogP contribution in [-0.4, -0.2) is 31.2 Å². The Bertz CT molecular complexity index is 1050. The number of benzene rings is 1. The van der Waals surface area contributed by atoms with E-state index < -0.39 is 0 Å². The van der Waals surface area contributed by atoms with Gasteiger partial charge in [0.25, 0.3) is 5.78 Å². The summed E-state index contributed by atoms with van der Waals surface area (Å²) < 4.78 is 15.2. The van der Waals surface area contributed by atoms with Crippen LogP contribution in [0.3, 0.4) is 0 Å². The van der Waals surface area contributed by atoms with Crippen molar-refractivity contribution < 1.29 is 9.18 Å². The highest BCUT2D eigenvalue weighted by atomic mass is 32.2. The third-order valence-electron chi connectivity index (χ3n) is 4.75. The second-order valence-electron chi connectivity index (χ2n) is 6.56. The van der Waals surface area contributed by atoms with Crippen LogP contribution in [0, 0.1) is 19.7 Å². The molecule has 3 N–H and O–H groups in total. The van der Waals surface area contributed by atoms with Gasteiger partial charge in [0.2, 0.25) is 11.9 Å². The third kappa shape index (κ3) is 3.34. The van der Waals surface area contributed by atoms with Crippen molar-refractivity contribution >= 4 is 29.4 Å². The largest absolute Gasteiger partial charge is 0.366 e. The highest BCUT2D eigenvalue weighted by Gasteiger charge is 2.24. The van der Waals surface area contributed by atoms with Crippen molar-refractivity contribution in [3.63, 3.8) is 0 Å². The van der Waals surface area contributed by atoms with Gasteiger partial charge in [0.15, 0.2) is 0 Å². The van der Waals surface area contributed by atoms with Crippen molar-refractivity contribution in [1.82, 2.24) is 24.9 Å². The lowest BCUT2D eigenvalue weighted by Gasteiger charge is -2.26. The molecule has 1 aromatic carbocycles. The number of carbonyl (C=O) groups is 1. The molecule has 1 aliphatic heterocycles. The molecule has 2 aromatic heterocycles. The van der Waals surface area contributed by atoms with E-state index in [1.54, 1.807) is 22.3 Å². The Balaban J connectivity index is 1.58. The standard InChI is InChI=1S/C18H19FN6OS/c1-9-12(10(2)25-18(21-9)23-17(20)24-25)8-16(26)22-14-5-6-27-15-4-3-11(19)7-13(14)15/h3-4,7,14H,5-6,8H2,1-2H3,(H2,20,24)(H,22,26). The molecule has 4 rings (SSSR count). The highest BCUT2D eigenvalue weighted by Crippen LogP contribution is 2.36. The van der Waals surface area contributed by atoms with Gasteiger partial charge in [-0.05, 0) is 44.0 Å². The molecular weight excluding hydrogens is 367 g/mol. The van der Waals surface area contributed by atoms with Crippen molar-refractivity contribution in [2.75, 3.05) is 11.5 Å². The Kier molecular flexibility index (Phi) is 4.47. The first-order valence-corrected chi connectivity index (χ1v) is 9.61. The fourth-order valence-electron chi connectivity index (χ4n) is 3.40. The number of fused-ring (bicyclic) bond motifs is 2. The topological polar surface area (TPSA) is 98.2 Å². The van der Waals surface area contributed by atoms with Crippen LogP contribution in [-0.2, 0) is 11.2 Å². The van der Waals surface area contributed by atoms with Crippen LogP contribution in [0.4, 0.5) is 10.3 Å². The van der Waals surface area contributed by atoms with Crippen LogP contribution in [0.1, 0.15) is 35.0 Å². The zero-order valence-corrected chi connectivity index (χ0v) is 15.8. The number of nitrogen functional groups attached to an aromatic ring is 1. The smallest absolute Gasteiger partial charge is 0.254 e. The van der Waals surface area contributed by atoms with Gasteiger partial charge in [-0.25, -0.2) is 9.37 Å². The molecule has 3 aromatic rings. The number of nitrogens with one attached hydrogen (secondary N) is 1. The Morgan fingerprint density at radius 2 is 2.22 bits per heavy atom. The van der Waals surface area contributed by atoms with Gasteiger partial charge < -0.3 is 11.1 Å². The summed E-state index contributed by atoms with van der Waals surface area (Å²) in [4.78, 5) is 22.2. The minimum atomic E-state index is -0.291. The lowest BCUT2D eigenvalue weighted by atomic mass is 10.0. The van der Waals surface area contributed by atoms with Gasteiger partial charge >= 0.3 is 0 Å². The normalized spacial score (nSPS) is 16.3. The zero-order chi connectivity index (χ0) is 19.1. The van der Waals surface area contributed by atoms with Gasteiger partial charge in [0.05, 0.1) is 12.5 Å². The van der Waals surface area contributed by atoms with Crippen molar-refractivity contribution in [1.29, 1.82) is 0 Å². The summed E-state index contributed by atoms with van der Waals surface area (Å²) in [6, 6.07) is 4.54. The molecular formula is C18H19FN6OS. The number of nitrogens with zero attached hydrogens (tertiary/aromatic N) is 4. The zero-order valence-electron chi connectivity index (χ0n) is 15.0. The van der Waals surface area contributed by atoms with E-state index in [1.807, 2.05) is 13.8 Å². The fourth-order valence-corrected chi connectivity index (χ4v) is 4.51. The number of hydrogen-bond acceptors (Lipinski definition) is 6. The number of aryl methyl sites for hydroxylation is 2. The molecule has 0 radical (unpaired) electrons. The quantitative estimate of drug-likeness (QED) is 0.717. The van der Waals surface area contributed by atoms with Gasteiger partial charge in [-0.15, -0.1) is 16.9 Å². The van der Waals surface area contributed by atoms with Crippen molar-refractivity contribution in [3.05, 3.63) is 46.5 Å². The molecule has 1 unspecified atom stereocenters. The number of nitrogens with two attached hydrogens (primary N) is 1. The predicted molar refractivity (Wildman–Crippen MR) is 101 cm³/mol. The Morgan fingerprint density at radius 3 is 3.04 bits per heavy atom. The van der Waals surface area contributed by atoms with Gasteiger partial charge in [0, 0.05) is 27.6 Å². The summed E-state index contributed by atoms with van der Waals surface area (Å²) in [5.41, 5.74) is 8.77. The van der Waals surface area contributed by atoms with E-state index in [0.717, 1.165) is 33.9 Å². The van der Waals surface area contributed by atoms with E-state index in [0.29, 0.717) is 11.5 Å². The molecule has 7 nitrogen and oxygen atoms in total. The lowest BCUT2D eigenvalue weighted by Crippen LogP contribution is -2.32. The van der Waals surface area contributed by atoms with Crippen molar-refractivity contribution in [2.45, 2.75) is 37.6 Å². The summed E-state index contributed by atoms with van der Waals surface area (Å²) in [5, 5.41) is 7.16. The van der Waals surface area contributed by atoms with Crippen molar-refractivity contribution in [3.8, 4) is 0 Å². The van der Waals surface area contributed by atoms with E-state index in [4.69, 9.17) is 5.73 Å². The second-order valence-corrected chi connectivity index (χ2v) is 7.70. The number of aromatic nitrogens is 4. The first kappa shape index (κ1) is 17.7. The minimum absolute atomic E-state index is 0.137. The van der Waals surface area contributed by atoms with E-state index in [9.17, 15) is 9.18 Å². The number of anilines is 1. The maximum atomic E-state index is 13.7. The molecule has 27 heavy (non-hydrogen) atoms. The molecule has 9 heteroatoms. The molecule has 1 amide bonds. The highest BCUT2D eigenvalue weighted by molar-refractivity contribution is 7.99. The number of rotatable bonds is 3. The molecule has 0 fully saturated rings. The first-order valence-electron chi connectivity index (χ1n) is 8.62. The van der Waals surface area contributed by atoms with E-state index in [-0.39, 0.29) is 30.1 Å². The lowest BCUT2D eigenvalue weighted by molar-refractivity contribution is -0.121. The fraction of sp³-hybridized carbons (Fsp3) is 0.333. The molecule has 0 saturated heterocycles. The van der Waals surface area contributed by atoms with Gasteiger partial charge in [-0.1, -0.05) is 0 Å². The van der Waals surface area contributed by atoms with Crippen LogP contribution in [0.2, 0.25) is 0 Å². The van der Waals surface area contributed by atoms with E-state index >= 15 is 0 Å². The van der Waals surface area contributed by atoms with Crippen molar-refractivity contribution in [2.24, 2.45) is 0 Å². The Labute approximate surface area is 159 Å². The summed E-state index contributed by atoms with van der Waals surface area (Å²) >= 11 is 1.68. The average molecular weight is 386 g/mol. The molecule has 140 valence electrons. The van der Waals surface area contributed by atoms with E-state index in [1.165, 1.54) is 12.1 Å². The maximum Gasteiger partial charge on any atom is 0.254 e. The molecule has 0 aliphatic carbocycles. The SMILES string of the molecule is Cc1nc2nc(N)nn2c(C)c1CC(=O)NC1CCSc2ccc(F)cc21. The summed E-state index contributed by atoms with van der Waals surface area (Å²) in [7, 11) is 0. The summed E-state index contributed by atoms with van der Waals surface area (Å²) in [5.74, 6) is 1.02. The monoisotopic (exact) mass is 386 g/mol. The van der Waals surface area contributed by atoms with Crippen LogP contribution in [0.15, 0.2) is 23.1 Å². The number of thioether (sulfide) groups is 1. The first-order chi connectivity index (χ1) is 12.9. The molecule has 0 saturated carbocycles. The number of hydrogen-bond donors (Lipinski definition) is 2. The van der Waals surface area contributed by atoms with Crippen LogP contribution >= 0.6 is 11.8 Å². The summed E-state index contributed by atoms with van der Waals surface area (Å²) in [6.07, 6.45) is 0.927. The molecule has 1 aliphatic rings. The van der Waals surface area contributed by atoms with Crippen LogP contribution < -0.4 is 11.1 Å². The Hall–Kier alpha value is -2.68. The van der Waals surface area contributed by atoms with E-state index in [2.05, 4.69) is 20.4 Å². The molecule has 0 spiro atoms. The van der Waals surface area contributed by atoms with Crippen LogP contribution in [0.25, 0.3) is 5.78 Å². The maximum absolute atomic E-state index is 13.7. The number of halogens is 1. The van der Waals surface area contributed by atoms with Crippen LogP contribution in [0.5, 0.6) is 0 Å².